The van der Waals surface area contributed by atoms with Crippen LogP contribution in [0.2, 0.25) is 0 Å². The second-order valence-corrected chi connectivity index (χ2v) is 6.72. The second-order valence-electron chi connectivity index (χ2n) is 5.66. The Balaban J connectivity index is 1.49. The van der Waals surface area contributed by atoms with Crippen LogP contribution in [0, 0.1) is 13.8 Å². The lowest BCUT2D eigenvalue weighted by atomic mass is 10.3. The minimum absolute atomic E-state index is 0.584. The maximum absolute atomic E-state index is 5.75. The van der Waals surface area contributed by atoms with Crippen LogP contribution in [-0.4, -0.2) is 38.5 Å². The van der Waals surface area contributed by atoms with E-state index >= 15 is 0 Å². The summed E-state index contributed by atoms with van der Waals surface area (Å²) in [6, 6.07) is 9.70. The van der Waals surface area contributed by atoms with Crippen LogP contribution in [0.1, 0.15) is 24.7 Å². The quantitative estimate of drug-likeness (QED) is 0.452. The van der Waals surface area contributed by atoms with Gasteiger partial charge in [0.05, 0.1) is 13.2 Å². The van der Waals surface area contributed by atoms with Gasteiger partial charge in [-0.2, -0.15) is 4.98 Å². The second kappa shape index (κ2) is 8.20. The lowest BCUT2D eigenvalue weighted by molar-refractivity contribution is 0.314. The fourth-order valence-electron chi connectivity index (χ4n) is 2.35. The van der Waals surface area contributed by atoms with Crippen molar-refractivity contribution in [3.05, 3.63) is 41.7 Å². The molecule has 0 spiro atoms. The Hall–Kier alpha value is -2.28. The Bertz CT molecular complexity index is 833. The predicted molar refractivity (Wildman–Crippen MR) is 98.7 cm³/mol. The number of nitrogens with zero attached hydrogens (tertiary/aromatic N) is 4. The molecule has 0 bridgehead atoms. The highest BCUT2D eigenvalue weighted by Crippen LogP contribution is 2.19. The van der Waals surface area contributed by atoms with Gasteiger partial charge in [0.25, 0.3) is 5.78 Å². The number of hydrogen-bond acceptors (Lipinski definition) is 6. The molecular weight excluding hydrogens is 336 g/mol. The van der Waals surface area contributed by atoms with E-state index in [0.29, 0.717) is 17.5 Å². The normalized spacial score (nSPS) is 11.0. The van der Waals surface area contributed by atoms with E-state index in [1.807, 2.05) is 44.2 Å². The zero-order valence-electron chi connectivity index (χ0n) is 14.7. The first-order valence-electron chi connectivity index (χ1n) is 8.35. The number of benzene rings is 1. The number of ether oxygens (including phenoxy) is 2. The van der Waals surface area contributed by atoms with E-state index in [-0.39, 0.29) is 0 Å². The van der Waals surface area contributed by atoms with Gasteiger partial charge in [-0.1, -0.05) is 18.7 Å². The summed E-state index contributed by atoms with van der Waals surface area (Å²) in [7, 11) is 0. The summed E-state index contributed by atoms with van der Waals surface area (Å²) in [6.07, 6.45) is 1.00. The molecule has 1 aromatic carbocycles. The minimum atomic E-state index is 0.584. The monoisotopic (exact) mass is 358 g/mol. The smallest absolute Gasteiger partial charge is 0.253 e. The van der Waals surface area contributed by atoms with E-state index in [1.54, 1.807) is 16.3 Å². The fourth-order valence-corrected chi connectivity index (χ4v) is 2.99. The fraction of sp³-hybridized carbons (Fsp3) is 0.389. The number of hydrogen-bond donors (Lipinski definition) is 0. The van der Waals surface area contributed by atoms with Crippen LogP contribution in [0.4, 0.5) is 0 Å². The molecule has 7 heteroatoms. The topological polar surface area (TPSA) is 61.5 Å². The van der Waals surface area contributed by atoms with Gasteiger partial charge < -0.3 is 9.47 Å². The van der Waals surface area contributed by atoms with Crippen molar-refractivity contribution in [2.45, 2.75) is 32.3 Å². The first-order chi connectivity index (χ1) is 12.2. The van der Waals surface area contributed by atoms with Gasteiger partial charge in [-0.05, 0) is 50.6 Å². The van der Waals surface area contributed by atoms with Gasteiger partial charge in [-0.3, -0.25) is 0 Å². The number of aryl methyl sites for hydroxylation is 2. The van der Waals surface area contributed by atoms with Crippen molar-refractivity contribution in [1.82, 2.24) is 19.6 Å². The number of aromatic nitrogens is 4. The third kappa shape index (κ3) is 4.63. The summed E-state index contributed by atoms with van der Waals surface area (Å²) < 4.78 is 13.1. The highest BCUT2D eigenvalue weighted by molar-refractivity contribution is 7.99. The zero-order chi connectivity index (χ0) is 17.6. The first kappa shape index (κ1) is 17.5. The SMILES string of the molecule is CCCOc1ccc(OCCSc2nc3nc(C)cc(C)n3n2)cc1. The molecule has 0 aliphatic heterocycles. The zero-order valence-corrected chi connectivity index (χ0v) is 15.5. The van der Waals surface area contributed by atoms with E-state index in [4.69, 9.17) is 9.47 Å². The summed E-state index contributed by atoms with van der Waals surface area (Å²) in [4.78, 5) is 8.85. The molecule has 0 atom stereocenters. The average Bonchev–Trinajstić information content (AvgIpc) is 3.01. The number of thioether (sulfide) groups is 1. The minimum Gasteiger partial charge on any atom is -0.494 e. The van der Waals surface area contributed by atoms with Gasteiger partial charge in [0, 0.05) is 17.1 Å². The summed E-state index contributed by atoms with van der Waals surface area (Å²) in [5, 5.41) is 5.19. The van der Waals surface area contributed by atoms with Crippen LogP contribution in [0.5, 0.6) is 11.5 Å². The maximum Gasteiger partial charge on any atom is 0.253 e. The molecule has 0 saturated heterocycles. The predicted octanol–water partition coefficient (Wildman–Crippen LogP) is 3.70. The Labute approximate surface area is 151 Å². The summed E-state index contributed by atoms with van der Waals surface area (Å²) in [5.41, 5.74) is 1.98. The van der Waals surface area contributed by atoms with Crippen LogP contribution in [0.3, 0.4) is 0 Å². The van der Waals surface area contributed by atoms with E-state index < -0.39 is 0 Å². The molecular formula is C18H22N4O2S. The molecule has 0 N–H and O–H groups in total. The van der Waals surface area contributed by atoms with E-state index in [0.717, 1.165) is 41.7 Å². The van der Waals surface area contributed by atoms with Crippen LogP contribution in [-0.2, 0) is 0 Å². The summed E-state index contributed by atoms with van der Waals surface area (Å²) in [5.74, 6) is 3.11. The van der Waals surface area contributed by atoms with Crippen molar-refractivity contribution in [2.24, 2.45) is 0 Å². The third-order valence-corrected chi connectivity index (χ3v) is 4.28. The molecule has 0 radical (unpaired) electrons. The number of rotatable bonds is 8. The van der Waals surface area contributed by atoms with Crippen molar-refractivity contribution in [2.75, 3.05) is 19.0 Å². The van der Waals surface area contributed by atoms with Gasteiger partial charge in [0.1, 0.15) is 11.5 Å². The molecule has 0 aliphatic carbocycles. The van der Waals surface area contributed by atoms with E-state index in [9.17, 15) is 0 Å². The molecule has 0 saturated carbocycles. The standard InChI is InChI=1S/C18H22N4O2S/c1-4-9-23-15-5-7-16(8-6-15)24-10-11-25-18-20-17-19-13(2)12-14(3)22(17)21-18/h5-8,12H,4,9-11H2,1-3H3. The molecule has 0 amide bonds. The van der Waals surface area contributed by atoms with Crippen molar-refractivity contribution >= 4 is 17.5 Å². The van der Waals surface area contributed by atoms with E-state index in [1.165, 1.54) is 0 Å². The van der Waals surface area contributed by atoms with Crippen molar-refractivity contribution in [3.8, 4) is 11.5 Å². The molecule has 0 fully saturated rings. The summed E-state index contributed by atoms with van der Waals surface area (Å²) >= 11 is 1.56. The highest BCUT2D eigenvalue weighted by Gasteiger charge is 2.08. The molecule has 2 aromatic heterocycles. The molecule has 0 unspecified atom stereocenters. The van der Waals surface area contributed by atoms with Crippen molar-refractivity contribution in [3.63, 3.8) is 0 Å². The Kier molecular flexibility index (Phi) is 5.75. The third-order valence-electron chi connectivity index (χ3n) is 3.48. The van der Waals surface area contributed by atoms with Gasteiger partial charge in [-0.15, -0.1) is 5.10 Å². The van der Waals surface area contributed by atoms with Crippen LogP contribution < -0.4 is 9.47 Å². The Morgan fingerprint density at radius 1 is 1.00 bits per heavy atom. The first-order valence-corrected chi connectivity index (χ1v) is 9.34. The molecule has 2 heterocycles. The van der Waals surface area contributed by atoms with Crippen molar-refractivity contribution < 1.29 is 9.47 Å². The van der Waals surface area contributed by atoms with Gasteiger partial charge >= 0.3 is 0 Å². The van der Waals surface area contributed by atoms with Gasteiger partial charge in [0.2, 0.25) is 5.16 Å². The molecule has 132 valence electrons. The van der Waals surface area contributed by atoms with Crippen LogP contribution in [0.25, 0.3) is 5.78 Å². The van der Waals surface area contributed by atoms with E-state index in [2.05, 4.69) is 22.0 Å². The molecule has 0 aliphatic rings. The molecule has 25 heavy (non-hydrogen) atoms. The molecule has 6 nitrogen and oxygen atoms in total. The molecule has 3 rings (SSSR count). The lowest BCUT2D eigenvalue weighted by Gasteiger charge is -2.07. The average molecular weight is 358 g/mol. The number of fused-ring (bicyclic) bond motifs is 1. The van der Waals surface area contributed by atoms with Crippen LogP contribution >= 0.6 is 11.8 Å². The van der Waals surface area contributed by atoms with Gasteiger partial charge in [0.15, 0.2) is 0 Å². The Morgan fingerprint density at radius 3 is 2.36 bits per heavy atom. The van der Waals surface area contributed by atoms with Crippen LogP contribution in [0.15, 0.2) is 35.5 Å². The summed E-state index contributed by atoms with van der Waals surface area (Å²) in [6.45, 7) is 7.37. The largest absolute Gasteiger partial charge is 0.494 e. The molecule has 3 aromatic rings. The van der Waals surface area contributed by atoms with Crippen molar-refractivity contribution in [1.29, 1.82) is 0 Å². The highest BCUT2D eigenvalue weighted by atomic mass is 32.2. The maximum atomic E-state index is 5.75. The van der Waals surface area contributed by atoms with Gasteiger partial charge in [-0.25, -0.2) is 9.50 Å². The Morgan fingerprint density at radius 2 is 1.68 bits per heavy atom. The lowest BCUT2D eigenvalue weighted by Crippen LogP contribution is -2.01.